The maximum atomic E-state index is 13.0. The molecule has 2 aromatic heterocycles. The number of imidazole rings is 1. The smallest absolute Gasteiger partial charge is 0.342 e. The van der Waals surface area contributed by atoms with E-state index in [-0.39, 0.29) is 5.82 Å². The van der Waals surface area contributed by atoms with Crippen LogP contribution in [0.5, 0.6) is 0 Å². The Kier molecular flexibility index (Phi) is 2.29. The molecule has 0 bridgehead atoms. The van der Waals surface area contributed by atoms with Crippen LogP contribution in [-0.4, -0.2) is 9.94 Å². The standard InChI is InChI=1S/C18H12N2O2S/c1-10-8-9-23-17(10)18-19(21)15-12-6-2-4-11-5-3-7-13(14(11)12)16(15)20(18)22/h2-9,21H,1H3. The summed E-state index contributed by atoms with van der Waals surface area (Å²) in [6.45, 7) is 1.94. The molecule has 0 radical (unpaired) electrons. The molecule has 4 nitrogen and oxygen atoms in total. The van der Waals surface area contributed by atoms with E-state index in [1.807, 2.05) is 54.8 Å². The molecule has 0 unspecified atom stereocenters. The lowest BCUT2D eigenvalue weighted by Gasteiger charge is -2.07. The van der Waals surface area contributed by atoms with Gasteiger partial charge in [0.25, 0.3) is 0 Å². The van der Waals surface area contributed by atoms with Gasteiger partial charge in [-0.2, -0.15) is 0 Å². The quantitative estimate of drug-likeness (QED) is 0.286. The molecule has 1 aliphatic rings. The topological polar surface area (TPSA) is 52.1 Å². The normalized spacial score (nSPS) is 12.0. The molecule has 0 aliphatic heterocycles. The Labute approximate surface area is 136 Å². The van der Waals surface area contributed by atoms with Crippen molar-refractivity contribution in [2.24, 2.45) is 0 Å². The summed E-state index contributed by atoms with van der Waals surface area (Å²) in [5, 5.41) is 27.8. The first kappa shape index (κ1) is 12.7. The van der Waals surface area contributed by atoms with E-state index >= 15 is 0 Å². The van der Waals surface area contributed by atoms with Crippen LogP contribution in [0.15, 0.2) is 47.8 Å². The van der Waals surface area contributed by atoms with Gasteiger partial charge in [-0.1, -0.05) is 24.3 Å². The Morgan fingerprint density at radius 3 is 2.52 bits per heavy atom. The van der Waals surface area contributed by atoms with Gasteiger partial charge in [-0.25, -0.2) is 4.73 Å². The van der Waals surface area contributed by atoms with Gasteiger partial charge >= 0.3 is 5.82 Å². The lowest BCUT2D eigenvalue weighted by Crippen LogP contribution is -2.29. The average molecular weight is 320 g/mol. The third-order valence-electron chi connectivity index (χ3n) is 4.51. The Morgan fingerprint density at radius 1 is 1.09 bits per heavy atom. The van der Waals surface area contributed by atoms with Crippen LogP contribution in [0.25, 0.3) is 44.0 Å². The van der Waals surface area contributed by atoms with E-state index in [4.69, 9.17) is 0 Å². The number of thiophene rings is 1. The monoisotopic (exact) mass is 320 g/mol. The number of aromatic nitrogens is 2. The lowest BCUT2D eigenvalue weighted by molar-refractivity contribution is -0.582. The van der Waals surface area contributed by atoms with Gasteiger partial charge in [-0.15, -0.1) is 11.3 Å². The van der Waals surface area contributed by atoms with Gasteiger partial charge in [0.1, 0.15) is 4.88 Å². The van der Waals surface area contributed by atoms with Crippen LogP contribution in [0.4, 0.5) is 0 Å². The van der Waals surface area contributed by atoms with E-state index < -0.39 is 0 Å². The summed E-state index contributed by atoms with van der Waals surface area (Å²) in [5.74, 6) is 0.286. The van der Waals surface area contributed by atoms with Crippen molar-refractivity contribution < 1.29 is 9.94 Å². The van der Waals surface area contributed by atoms with E-state index in [1.54, 1.807) is 0 Å². The second kappa shape index (κ2) is 4.14. The van der Waals surface area contributed by atoms with Crippen molar-refractivity contribution in [2.45, 2.75) is 6.92 Å². The number of hydrogen-bond acceptors (Lipinski definition) is 3. The summed E-state index contributed by atoms with van der Waals surface area (Å²) in [6, 6.07) is 13.8. The minimum atomic E-state index is 0.286. The van der Waals surface area contributed by atoms with Gasteiger partial charge in [0.15, 0.2) is 5.69 Å². The Bertz CT molecular complexity index is 1050. The summed E-state index contributed by atoms with van der Waals surface area (Å²) in [5.41, 5.74) is 3.88. The summed E-state index contributed by atoms with van der Waals surface area (Å²) in [4.78, 5) is 0.793. The van der Waals surface area contributed by atoms with Crippen molar-refractivity contribution in [3.05, 3.63) is 58.6 Å². The van der Waals surface area contributed by atoms with Crippen molar-refractivity contribution >= 4 is 22.1 Å². The molecule has 2 heterocycles. The number of benzene rings is 2. The molecule has 1 N–H and O–H groups in total. The molecule has 0 amide bonds. The zero-order chi connectivity index (χ0) is 15.7. The molecule has 1 aliphatic carbocycles. The SMILES string of the molecule is Cc1ccsc1-c1n(O)c2c([n+]1[O-])-c1cccc3cccc-2c13. The van der Waals surface area contributed by atoms with E-state index in [2.05, 4.69) is 0 Å². The van der Waals surface area contributed by atoms with Gasteiger partial charge in [-0.3, -0.25) is 0 Å². The van der Waals surface area contributed by atoms with Crippen LogP contribution in [0.3, 0.4) is 0 Å². The molecule has 0 atom stereocenters. The second-order valence-corrected chi connectivity index (χ2v) is 6.69. The molecule has 0 spiro atoms. The van der Waals surface area contributed by atoms with Crippen molar-refractivity contribution in [2.75, 3.05) is 0 Å². The number of aryl methyl sites for hydroxylation is 1. The molecular formula is C18H12N2O2S. The van der Waals surface area contributed by atoms with Gasteiger partial charge in [-0.05, 0) is 46.2 Å². The van der Waals surface area contributed by atoms with Crippen LogP contribution in [0, 0.1) is 12.1 Å². The first-order valence-electron chi connectivity index (χ1n) is 7.33. The highest BCUT2D eigenvalue weighted by Crippen LogP contribution is 2.47. The molecule has 0 fully saturated rings. The highest BCUT2D eigenvalue weighted by Gasteiger charge is 2.38. The fourth-order valence-electron chi connectivity index (χ4n) is 3.50. The van der Waals surface area contributed by atoms with Crippen LogP contribution < -0.4 is 4.73 Å². The highest BCUT2D eigenvalue weighted by atomic mass is 32.1. The van der Waals surface area contributed by atoms with Crippen molar-refractivity contribution in [1.29, 1.82) is 0 Å². The minimum absolute atomic E-state index is 0.286. The average Bonchev–Trinajstić information content (AvgIpc) is 3.18. The van der Waals surface area contributed by atoms with Crippen LogP contribution in [-0.2, 0) is 0 Å². The Morgan fingerprint density at radius 2 is 1.83 bits per heavy atom. The second-order valence-electron chi connectivity index (χ2n) is 5.77. The van der Waals surface area contributed by atoms with Crippen molar-refractivity contribution in [3.8, 4) is 33.2 Å². The molecule has 4 aromatic rings. The lowest BCUT2D eigenvalue weighted by atomic mass is 10.0. The summed E-state index contributed by atoms with van der Waals surface area (Å²) < 4.78 is 1.92. The van der Waals surface area contributed by atoms with Gasteiger partial charge in [0.05, 0.1) is 0 Å². The van der Waals surface area contributed by atoms with E-state index in [0.29, 0.717) is 11.4 Å². The largest absolute Gasteiger partial charge is 0.710 e. The fraction of sp³-hybridized carbons (Fsp3) is 0.0556. The summed E-state index contributed by atoms with van der Waals surface area (Å²) >= 11 is 1.46. The first-order valence-corrected chi connectivity index (χ1v) is 8.21. The maximum Gasteiger partial charge on any atom is 0.342 e. The van der Waals surface area contributed by atoms with E-state index in [1.165, 1.54) is 11.3 Å². The zero-order valence-electron chi connectivity index (χ0n) is 12.3. The highest BCUT2D eigenvalue weighted by molar-refractivity contribution is 7.13. The van der Waals surface area contributed by atoms with E-state index in [9.17, 15) is 10.4 Å². The fourth-order valence-corrected chi connectivity index (χ4v) is 4.44. The van der Waals surface area contributed by atoms with Gasteiger partial charge in [0, 0.05) is 16.5 Å². The predicted octanol–water partition coefficient (Wildman–Crippen LogP) is 4.20. The molecule has 5 heteroatoms. The summed E-state index contributed by atoms with van der Waals surface area (Å²) in [6.07, 6.45) is 0. The Hall–Kier alpha value is -2.79. The van der Waals surface area contributed by atoms with Crippen LogP contribution >= 0.6 is 11.3 Å². The minimum Gasteiger partial charge on any atom is -0.710 e. The number of hydrogen-bond donors (Lipinski definition) is 1. The number of nitrogens with zero attached hydrogens (tertiary/aromatic N) is 2. The molecule has 0 saturated carbocycles. The number of rotatable bonds is 1. The van der Waals surface area contributed by atoms with Crippen molar-refractivity contribution in [1.82, 2.24) is 4.73 Å². The third kappa shape index (κ3) is 1.42. The summed E-state index contributed by atoms with van der Waals surface area (Å²) in [7, 11) is 0. The molecule has 2 aromatic carbocycles. The predicted molar refractivity (Wildman–Crippen MR) is 90.6 cm³/mol. The third-order valence-corrected chi connectivity index (χ3v) is 5.52. The zero-order valence-corrected chi connectivity index (χ0v) is 13.1. The number of fused-ring (bicyclic) bond motifs is 3. The molecular weight excluding hydrogens is 308 g/mol. The van der Waals surface area contributed by atoms with Crippen LogP contribution in [0.2, 0.25) is 0 Å². The van der Waals surface area contributed by atoms with Gasteiger partial charge < -0.3 is 10.4 Å². The van der Waals surface area contributed by atoms with E-state index in [0.717, 1.165) is 41.8 Å². The molecule has 5 rings (SSSR count). The Balaban J connectivity index is 1.94. The maximum absolute atomic E-state index is 13.0. The molecule has 0 saturated heterocycles. The first-order chi connectivity index (χ1) is 11.2. The molecule has 112 valence electrons. The molecule has 23 heavy (non-hydrogen) atoms. The van der Waals surface area contributed by atoms with Crippen LogP contribution in [0.1, 0.15) is 5.56 Å². The van der Waals surface area contributed by atoms with Gasteiger partial charge in [0.2, 0.25) is 5.69 Å². The van der Waals surface area contributed by atoms with Crippen molar-refractivity contribution in [3.63, 3.8) is 0 Å².